The lowest BCUT2D eigenvalue weighted by molar-refractivity contribution is 0.419. The summed E-state index contributed by atoms with van der Waals surface area (Å²) in [5.41, 5.74) is 5.03. The van der Waals surface area contributed by atoms with Crippen molar-refractivity contribution in [2.45, 2.75) is 13.8 Å². The van der Waals surface area contributed by atoms with Gasteiger partial charge in [0.05, 0.1) is 14.2 Å². The first-order valence-electron chi connectivity index (χ1n) is 9.00. The molecule has 0 amide bonds. The van der Waals surface area contributed by atoms with Crippen molar-refractivity contribution >= 4 is 66.7 Å². The predicted molar refractivity (Wildman–Crippen MR) is 135 cm³/mol. The molecular weight excluding hydrogens is 574 g/mol. The van der Waals surface area contributed by atoms with Crippen molar-refractivity contribution in [1.82, 2.24) is 0 Å². The molecule has 4 rings (SSSR count). The van der Waals surface area contributed by atoms with Crippen molar-refractivity contribution in [2.24, 2.45) is 0 Å². The van der Waals surface area contributed by atoms with Crippen LogP contribution in [0.5, 0.6) is 11.5 Å². The lowest BCUT2D eigenvalue weighted by atomic mass is 9.90. The van der Waals surface area contributed by atoms with E-state index in [1.807, 2.05) is 12.1 Å². The monoisotopic (exact) mass is 594 g/mol. The van der Waals surface area contributed by atoms with E-state index in [4.69, 9.17) is 9.47 Å². The summed E-state index contributed by atoms with van der Waals surface area (Å²) < 4.78 is 13.9. The summed E-state index contributed by atoms with van der Waals surface area (Å²) in [4.78, 5) is 0. The molecule has 4 heteroatoms. The Morgan fingerprint density at radius 2 is 1.00 bits per heavy atom. The van der Waals surface area contributed by atoms with Crippen molar-refractivity contribution in [3.8, 4) is 22.6 Å². The van der Waals surface area contributed by atoms with Gasteiger partial charge in [0, 0.05) is 29.0 Å². The molecule has 0 saturated heterocycles. The minimum absolute atomic E-state index is 0.905. The first kappa shape index (κ1) is 19.8. The first-order valence-corrected chi connectivity index (χ1v) is 11.2. The molecule has 0 aliphatic heterocycles. The molecule has 0 fully saturated rings. The average Bonchev–Trinajstić information content (AvgIpc) is 2.70. The van der Waals surface area contributed by atoms with Gasteiger partial charge in [0.1, 0.15) is 11.5 Å². The van der Waals surface area contributed by atoms with Gasteiger partial charge in [-0.25, -0.2) is 0 Å². The molecule has 0 aliphatic rings. The Balaban J connectivity index is 2.25. The van der Waals surface area contributed by atoms with Gasteiger partial charge in [0.25, 0.3) is 0 Å². The summed E-state index contributed by atoms with van der Waals surface area (Å²) in [6.45, 7) is 4.34. The Morgan fingerprint density at radius 3 is 1.36 bits per heavy atom. The number of ether oxygens (including phenoxy) is 2. The van der Waals surface area contributed by atoms with Gasteiger partial charge in [0.15, 0.2) is 0 Å². The third-order valence-electron chi connectivity index (χ3n) is 5.21. The molecule has 4 aromatic rings. The summed E-state index contributed by atoms with van der Waals surface area (Å²) in [6, 6.07) is 17.0. The van der Waals surface area contributed by atoms with Gasteiger partial charge in [-0.2, -0.15) is 0 Å². The number of fused-ring (bicyclic) bond motifs is 2. The molecule has 4 aromatic carbocycles. The SMILES string of the molecule is COc1cccc2c(-c3c(I)c(C)cc4c(OC)cccc34)c(I)c(C)cc12. The van der Waals surface area contributed by atoms with Gasteiger partial charge in [0.2, 0.25) is 0 Å². The maximum Gasteiger partial charge on any atom is 0.126 e. The highest BCUT2D eigenvalue weighted by molar-refractivity contribution is 14.1. The largest absolute Gasteiger partial charge is 0.496 e. The van der Waals surface area contributed by atoms with Gasteiger partial charge >= 0.3 is 0 Å². The number of benzene rings is 4. The maximum atomic E-state index is 5.67. The van der Waals surface area contributed by atoms with E-state index in [-0.39, 0.29) is 0 Å². The van der Waals surface area contributed by atoms with Crippen LogP contribution in [-0.4, -0.2) is 14.2 Å². The fourth-order valence-corrected chi connectivity index (χ4v) is 5.29. The van der Waals surface area contributed by atoms with Gasteiger partial charge in [-0.1, -0.05) is 24.3 Å². The molecule has 0 saturated carbocycles. The lowest BCUT2D eigenvalue weighted by Gasteiger charge is -2.19. The van der Waals surface area contributed by atoms with E-state index in [2.05, 4.69) is 95.4 Å². The zero-order chi connectivity index (χ0) is 20.0. The second-order valence-electron chi connectivity index (χ2n) is 6.88. The maximum absolute atomic E-state index is 5.67. The molecule has 0 radical (unpaired) electrons. The number of aryl methyl sites for hydroxylation is 2. The molecule has 0 aliphatic carbocycles. The van der Waals surface area contributed by atoms with Gasteiger partial charge < -0.3 is 9.47 Å². The van der Waals surface area contributed by atoms with Gasteiger partial charge in [-0.05, 0) is 105 Å². The van der Waals surface area contributed by atoms with Crippen LogP contribution in [0.4, 0.5) is 0 Å². The van der Waals surface area contributed by atoms with Crippen molar-refractivity contribution in [3.05, 3.63) is 66.8 Å². The van der Waals surface area contributed by atoms with E-state index in [0.717, 1.165) is 22.3 Å². The van der Waals surface area contributed by atoms with E-state index < -0.39 is 0 Å². The zero-order valence-corrected chi connectivity index (χ0v) is 20.5. The van der Waals surface area contributed by atoms with Crippen LogP contribution in [0.3, 0.4) is 0 Å². The second kappa shape index (κ2) is 7.71. The fraction of sp³-hybridized carbons (Fsp3) is 0.167. The van der Waals surface area contributed by atoms with E-state index in [0.29, 0.717) is 0 Å². The van der Waals surface area contributed by atoms with Crippen LogP contribution in [0.15, 0.2) is 48.5 Å². The van der Waals surface area contributed by atoms with E-state index in [1.165, 1.54) is 40.2 Å². The van der Waals surface area contributed by atoms with Crippen molar-refractivity contribution in [3.63, 3.8) is 0 Å². The summed E-state index contributed by atoms with van der Waals surface area (Å²) in [6.07, 6.45) is 0. The molecule has 142 valence electrons. The minimum atomic E-state index is 0.905. The molecule has 0 heterocycles. The molecule has 0 unspecified atom stereocenters. The molecule has 0 N–H and O–H groups in total. The molecule has 0 aromatic heterocycles. The van der Waals surface area contributed by atoms with E-state index >= 15 is 0 Å². The fourth-order valence-electron chi connectivity index (χ4n) is 3.86. The Bertz CT molecular complexity index is 1130. The van der Waals surface area contributed by atoms with E-state index in [9.17, 15) is 0 Å². The molecule has 0 bridgehead atoms. The van der Waals surface area contributed by atoms with E-state index in [1.54, 1.807) is 14.2 Å². The summed E-state index contributed by atoms with van der Waals surface area (Å²) in [5.74, 6) is 1.81. The van der Waals surface area contributed by atoms with Crippen molar-refractivity contribution in [2.75, 3.05) is 14.2 Å². The Hall–Kier alpha value is -1.54. The van der Waals surface area contributed by atoms with Crippen molar-refractivity contribution < 1.29 is 9.47 Å². The minimum Gasteiger partial charge on any atom is -0.496 e. The molecule has 0 atom stereocenters. The van der Waals surface area contributed by atoms with Crippen LogP contribution in [0, 0.1) is 21.0 Å². The van der Waals surface area contributed by atoms with Crippen LogP contribution >= 0.6 is 45.2 Å². The Labute approximate surface area is 192 Å². The van der Waals surface area contributed by atoms with Crippen LogP contribution in [0.1, 0.15) is 11.1 Å². The molecular formula is C24H20I2O2. The number of hydrogen-bond donors (Lipinski definition) is 0. The quantitative estimate of drug-likeness (QED) is 0.229. The highest BCUT2D eigenvalue weighted by atomic mass is 127. The Kier molecular flexibility index (Phi) is 5.44. The molecule has 0 spiro atoms. The summed E-state index contributed by atoms with van der Waals surface area (Å²) in [5, 5.41) is 4.71. The number of hydrogen-bond acceptors (Lipinski definition) is 2. The molecule has 2 nitrogen and oxygen atoms in total. The smallest absolute Gasteiger partial charge is 0.126 e. The highest BCUT2D eigenvalue weighted by Gasteiger charge is 2.20. The number of halogens is 2. The van der Waals surface area contributed by atoms with Gasteiger partial charge in [-0.3, -0.25) is 0 Å². The second-order valence-corrected chi connectivity index (χ2v) is 9.03. The van der Waals surface area contributed by atoms with Gasteiger partial charge in [-0.15, -0.1) is 0 Å². The van der Waals surface area contributed by atoms with Crippen LogP contribution in [0.2, 0.25) is 0 Å². The van der Waals surface area contributed by atoms with Crippen molar-refractivity contribution in [1.29, 1.82) is 0 Å². The van der Waals surface area contributed by atoms with Crippen LogP contribution in [-0.2, 0) is 0 Å². The highest BCUT2D eigenvalue weighted by Crippen LogP contribution is 2.45. The number of rotatable bonds is 3. The van der Waals surface area contributed by atoms with Crippen LogP contribution in [0.25, 0.3) is 32.7 Å². The number of methoxy groups -OCH3 is 2. The first-order chi connectivity index (χ1) is 13.5. The zero-order valence-electron chi connectivity index (χ0n) is 16.2. The molecule has 28 heavy (non-hydrogen) atoms. The third kappa shape index (κ3) is 3.05. The Morgan fingerprint density at radius 1 is 0.607 bits per heavy atom. The summed E-state index contributed by atoms with van der Waals surface area (Å²) in [7, 11) is 3.47. The van der Waals surface area contributed by atoms with Crippen LogP contribution < -0.4 is 9.47 Å². The summed E-state index contributed by atoms with van der Waals surface area (Å²) >= 11 is 4.97. The average molecular weight is 594 g/mol. The lowest BCUT2D eigenvalue weighted by Crippen LogP contribution is -1.98. The predicted octanol–water partition coefficient (Wildman–Crippen LogP) is 7.50. The standard InChI is InChI=1S/C24H20I2O2/c1-13-11-17-15(7-5-9-19(17)27-3)21(23(13)25)22-16-8-6-10-20(28-4)18(16)12-14(2)24(22)26/h5-12H,1-4H3. The topological polar surface area (TPSA) is 18.5 Å². The third-order valence-corrected chi connectivity index (χ3v) is 7.99. The normalized spacial score (nSPS) is 11.2.